The van der Waals surface area contributed by atoms with Crippen molar-refractivity contribution in [2.24, 2.45) is 10.8 Å². The molecule has 0 atom stereocenters. The van der Waals surface area contributed by atoms with Crippen LogP contribution in [0.1, 0.15) is 72.6 Å². The van der Waals surface area contributed by atoms with Gasteiger partial charge in [-0.05, 0) is 59.7 Å². The molecule has 0 aliphatic heterocycles. The van der Waals surface area contributed by atoms with Crippen molar-refractivity contribution in [3.05, 3.63) is 108 Å². The molecule has 0 aliphatic carbocycles. The number of carboxylic acids is 1. The van der Waals surface area contributed by atoms with Crippen LogP contribution in [0.15, 0.2) is 91.1 Å². The Labute approximate surface area is 352 Å². The van der Waals surface area contributed by atoms with E-state index in [9.17, 15) is 48.3 Å². The number of rotatable bonds is 25. The Balaban J connectivity index is 3.60. The van der Waals surface area contributed by atoms with E-state index in [1.54, 1.807) is 0 Å². The van der Waals surface area contributed by atoms with Crippen LogP contribution in [0.25, 0.3) is 0 Å². The van der Waals surface area contributed by atoms with E-state index in [-0.39, 0.29) is 33.4 Å². The molecule has 0 unspecified atom stereocenters. The zero-order valence-corrected chi connectivity index (χ0v) is 35.0. The number of benzene rings is 1. The quantitative estimate of drug-likeness (QED) is 0.0814. The summed E-state index contributed by atoms with van der Waals surface area (Å²) in [5.41, 5.74) is -5.39. The summed E-state index contributed by atoms with van der Waals surface area (Å²) >= 11 is 0. The lowest BCUT2D eigenvalue weighted by Crippen LogP contribution is -2.44. The molecule has 0 fully saturated rings. The highest BCUT2D eigenvalue weighted by atomic mass is 16.6. The van der Waals surface area contributed by atoms with Crippen LogP contribution in [0.4, 0.5) is 0 Å². The number of ether oxygens (including phenoxy) is 8. The van der Waals surface area contributed by atoms with Crippen LogP contribution in [-0.4, -0.2) is 112 Å². The van der Waals surface area contributed by atoms with Crippen molar-refractivity contribution in [1.82, 2.24) is 0 Å². The fraction of sp³-hybridized carbons (Fsp3) is 0.372. The van der Waals surface area contributed by atoms with Gasteiger partial charge in [-0.25, -0.2) is 43.2 Å². The molecule has 0 heterocycles. The molecule has 0 amide bonds. The fourth-order valence-electron chi connectivity index (χ4n) is 4.18. The maximum atomic E-state index is 13.5. The summed E-state index contributed by atoms with van der Waals surface area (Å²) in [5, 5.41) is 10.1. The van der Waals surface area contributed by atoms with Gasteiger partial charge in [-0.3, -0.25) is 0 Å². The lowest BCUT2D eigenvalue weighted by Gasteiger charge is -2.32. The first-order valence-corrected chi connectivity index (χ1v) is 17.9. The van der Waals surface area contributed by atoms with Crippen molar-refractivity contribution in [2.75, 3.05) is 52.9 Å². The molecule has 0 spiro atoms. The van der Waals surface area contributed by atoms with E-state index in [0.29, 0.717) is 0 Å². The SMILES string of the molecule is C=C(C)C(=O)OCC(COC(=O)C(=C)C)(COC(=O)C(=C)C)COC(=O)c1ccc(C(=O)OCC(COC(=O)C(=C)C)(COC(=O)C(=C)C)COC(=O)C(=C)C)c(C(=O)O)c1. The molecule has 61 heavy (non-hydrogen) atoms. The normalized spacial score (nSPS) is 10.7. The molecule has 0 saturated carbocycles. The molecule has 330 valence electrons. The van der Waals surface area contributed by atoms with E-state index in [0.717, 1.165) is 18.2 Å². The van der Waals surface area contributed by atoms with Crippen LogP contribution in [-0.2, 0) is 66.7 Å². The second-order valence-electron chi connectivity index (χ2n) is 14.4. The number of hydrogen-bond acceptors (Lipinski definition) is 17. The molecule has 1 aromatic rings. The minimum absolute atomic E-state index is 0.0158. The van der Waals surface area contributed by atoms with Gasteiger partial charge in [0.1, 0.15) is 63.7 Å². The van der Waals surface area contributed by atoms with Crippen molar-refractivity contribution in [3.8, 4) is 0 Å². The third kappa shape index (κ3) is 17.0. The van der Waals surface area contributed by atoms with E-state index in [1.807, 2.05) is 0 Å². The average Bonchev–Trinajstić information content (AvgIpc) is 3.20. The lowest BCUT2D eigenvalue weighted by molar-refractivity contribution is -0.163. The topological polar surface area (TPSA) is 248 Å². The van der Waals surface area contributed by atoms with Gasteiger partial charge in [0.25, 0.3) is 0 Å². The fourth-order valence-corrected chi connectivity index (χ4v) is 4.18. The van der Waals surface area contributed by atoms with Gasteiger partial charge in [-0.15, -0.1) is 0 Å². The minimum Gasteiger partial charge on any atom is -0.478 e. The molecular weight excluding hydrogens is 804 g/mol. The molecular formula is C43H50O18. The standard InChI is InChI=1S/C43H50O18/c1-24(2)34(46)54-16-42(17-55-35(47)25(3)4,18-56-36(48)26(5)6)22-60-40(52)30-13-14-31(32(15-30)33(44)45)41(53)61-23-43(19-57-37(49)27(7)8,20-58-38(50)28(9)10)21-59-39(51)29(11)12/h13-15H,1,3,5,7,9,11,16-23H2,2,4,6,8,10,12H3,(H,44,45). The Hall–Kier alpha value is -7.11. The van der Waals surface area contributed by atoms with Gasteiger partial charge in [-0.1, -0.05) is 39.5 Å². The first kappa shape index (κ1) is 51.9. The van der Waals surface area contributed by atoms with Gasteiger partial charge in [0.05, 0.1) is 16.7 Å². The number of carbonyl (C=O) groups excluding carboxylic acids is 8. The molecule has 0 aliphatic rings. The highest BCUT2D eigenvalue weighted by Crippen LogP contribution is 2.26. The van der Waals surface area contributed by atoms with Gasteiger partial charge in [0, 0.05) is 33.4 Å². The second kappa shape index (κ2) is 23.5. The molecule has 18 heteroatoms. The second-order valence-corrected chi connectivity index (χ2v) is 14.4. The maximum Gasteiger partial charge on any atom is 0.339 e. The highest BCUT2D eigenvalue weighted by molar-refractivity contribution is 6.04. The molecule has 0 radical (unpaired) electrons. The monoisotopic (exact) mass is 854 g/mol. The summed E-state index contributed by atoms with van der Waals surface area (Å²) in [4.78, 5) is 113. The molecule has 1 N–H and O–H groups in total. The van der Waals surface area contributed by atoms with Crippen LogP contribution >= 0.6 is 0 Å². The van der Waals surface area contributed by atoms with Gasteiger partial charge in [0.15, 0.2) is 0 Å². The molecule has 0 saturated heterocycles. The van der Waals surface area contributed by atoms with Crippen LogP contribution in [0.3, 0.4) is 0 Å². The van der Waals surface area contributed by atoms with E-state index in [2.05, 4.69) is 39.5 Å². The Morgan fingerprint density at radius 3 is 0.902 bits per heavy atom. The van der Waals surface area contributed by atoms with Crippen LogP contribution < -0.4 is 0 Å². The van der Waals surface area contributed by atoms with E-state index >= 15 is 0 Å². The van der Waals surface area contributed by atoms with Crippen LogP contribution in [0.5, 0.6) is 0 Å². The lowest BCUT2D eigenvalue weighted by atomic mass is 9.91. The molecule has 18 nitrogen and oxygen atoms in total. The zero-order valence-electron chi connectivity index (χ0n) is 35.0. The Bertz CT molecular complexity index is 1870. The number of aromatic carboxylic acids is 1. The van der Waals surface area contributed by atoms with E-state index < -0.39 is 134 Å². The number of carboxylic acid groups (broad SMARTS) is 1. The predicted molar refractivity (Wildman–Crippen MR) is 213 cm³/mol. The molecule has 1 rings (SSSR count). The first-order chi connectivity index (χ1) is 28.3. The van der Waals surface area contributed by atoms with E-state index in [1.165, 1.54) is 41.5 Å². The smallest absolute Gasteiger partial charge is 0.339 e. The van der Waals surface area contributed by atoms with Gasteiger partial charge in [-0.2, -0.15) is 0 Å². The van der Waals surface area contributed by atoms with Gasteiger partial charge >= 0.3 is 53.7 Å². The van der Waals surface area contributed by atoms with Crippen molar-refractivity contribution >= 4 is 53.7 Å². The zero-order chi connectivity index (χ0) is 46.8. The molecule has 1 aromatic carbocycles. The first-order valence-electron chi connectivity index (χ1n) is 17.9. The van der Waals surface area contributed by atoms with Crippen LogP contribution in [0.2, 0.25) is 0 Å². The number of esters is 8. The summed E-state index contributed by atoms with van der Waals surface area (Å²) in [7, 11) is 0. The average molecular weight is 855 g/mol. The van der Waals surface area contributed by atoms with Crippen molar-refractivity contribution in [2.45, 2.75) is 41.5 Å². The summed E-state index contributed by atoms with van der Waals surface area (Å²) in [6.45, 7) is 23.6. The summed E-state index contributed by atoms with van der Waals surface area (Å²) in [5.74, 6) is -9.50. The largest absolute Gasteiger partial charge is 0.478 e. The van der Waals surface area contributed by atoms with Gasteiger partial charge < -0.3 is 43.0 Å². The summed E-state index contributed by atoms with van der Waals surface area (Å²) in [6, 6.07) is 2.73. The maximum absolute atomic E-state index is 13.5. The number of hydrogen-bond donors (Lipinski definition) is 1. The van der Waals surface area contributed by atoms with E-state index in [4.69, 9.17) is 37.9 Å². The molecule has 0 bridgehead atoms. The molecule has 0 aromatic heterocycles. The van der Waals surface area contributed by atoms with Crippen LogP contribution in [0, 0.1) is 10.8 Å². The third-order valence-electron chi connectivity index (χ3n) is 7.87. The third-order valence-corrected chi connectivity index (χ3v) is 7.87. The van der Waals surface area contributed by atoms with Crippen molar-refractivity contribution < 1.29 is 86.2 Å². The summed E-state index contributed by atoms with van der Waals surface area (Å²) < 4.78 is 42.5. The Morgan fingerprint density at radius 1 is 0.410 bits per heavy atom. The van der Waals surface area contributed by atoms with Gasteiger partial charge in [0.2, 0.25) is 0 Å². The Morgan fingerprint density at radius 2 is 0.656 bits per heavy atom. The Kier molecular flexibility index (Phi) is 20.0. The predicted octanol–water partition coefficient (Wildman–Crippen LogP) is 4.39. The summed E-state index contributed by atoms with van der Waals surface area (Å²) in [6.07, 6.45) is 0. The van der Waals surface area contributed by atoms with Crippen molar-refractivity contribution in [1.29, 1.82) is 0 Å². The number of carbonyl (C=O) groups is 9. The minimum atomic E-state index is -1.77. The van der Waals surface area contributed by atoms with Crippen molar-refractivity contribution in [3.63, 3.8) is 0 Å². The highest BCUT2D eigenvalue weighted by Gasteiger charge is 2.40.